The number of fused-ring (bicyclic) bond motifs is 2. The first kappa shape index (κ1) is 17.2. The zero-order valence-electron chi connectivity index (χ0n) is 14.4. The summed E-state index contributed by atoms with van der Waals surface area (Å²) < 4.78 is 6.16. The van der Waals surface area contributed by atoms with Crippen molar-refractivity contribution in [2.45, 2.75) is 6.42 Å². The highest BCUT2D eigenvalue weighted by Gasteiger charge is 2.34. The summed E-state index contributed by atoms with van der Waals surface area (Å²) in [5.41, 5.74) is 1.43. The Bertz CT molecular complexity index is 1040. The third-order valence-corrected chi connectivity index (χ3v) is 5.22. The number of aromatic nitrogens is 1. The lowest BCUT2D eigenvalue weighted by Crippen LogP contribution is -2.32. The molecule has 0 saturated carbocycles. The molecular weight excluding hydrogens is 366 g/mol. The van der Waals surface area contributed by atoms with Gasteiger partial charge in [0.25, 0.3) is 11.8 Å². The van der Waals surface area contributed by atoms with E-state index in [1.165, 1.54) is 11.3 Å². The van der Waals surface area contributed by atoms with Gasteiger partial charge in [0, 0.05) is 13.0 Å². The molecule has 0 atom stereocenters. The molecule has 0 unspecified atom stereocenters. The second-order valence-corrected chi connectivity index (χ2v) is 6.96. The highest BCUT2D eigenvalue weighted by atomic mass is 32.1. The zero-order valence-corrected chi connectivity index (χ0v) is 15.2. The van der Waals surface area contributed by atoms with E-state index < -0.39 is 0 Å². The van der Waals surface area contributed by atoms with Gasteiger partial charge in [-0.1, -0.05) is 29.5 Å². The highest BCUT2D eigenvalue weighted by molar-refractivity contribution is 7.22. The summed E-state index contributed by atoms with van der Waals surface area (Å²) in [6.45, 7) is 0.0202. The van der Waals surface area contributed by atoms with Gasteiger partial charge in [-0.3, -0.25) is 19.3 Å². The van der Waals surface area contributed by atoms with E-state index in [0.717, 1.165) is 9.60 Å². The molecule has 0 fully saturated rings. The number of nitrogens with zero attached hydrogens (tertiary/aromatic N) is 2. The number of ether oxygens (including phenoxy) is 1. The Hall–Kier alpha value is -3.26. The number of hydrogen-bond acceptors (Lipinski definition) is 6. The number of rotatable bonds is 5. The first-order valence-electron chi connectivity index (χ1n) is 8.27. The molecule has 27 heavy (non-hydrogen) atoms. The molecule has 0 aliphatic carbocycles. The lowest BCUT2D eigenvalue weighted by Gasteiger charge is -2.12. The number of hydrogen-bond donors (Lipinski definition) is 1. The number of para-hydroxylation sites is 1. The summed E-state index contributed by atoms with van der Waals surface area (Å²) in [4.78, 5) is 42.4. The molecule has 2 aromatic carbocycles. The van der Waals surface area contributed by atoms with Gasteiger partial charge in [-0.2, -0.15) is 0 Å². The van der Waals surface area contributed by atoms with Crippen molar-refractivity contribution in [1.29, 1.82) is 0 Å². The van der Waals surface area contributed by atoms with Gasteiger partial charge in [0.05, 0.1) is 22.9 Å². The summed E-state index contributed by atoms with van der Waals surface area (Å²) in [5, 5.41) is 3.17. The van der Waals surface area contributed by atoms with Gasteiger partial charge in [0.15, 0.2) is 5.13 Å². The standard InChI is InChI=1S/C19H15N3O4S/c1-26-13-7-4-8-14-16(13)21-19(27-14)20-15(23)9-10-22-17(24)11-5-2-3-6-12(11)18(22)25/h2-8H,9-10H2,1H3,(H,20,21,23). The number of amides is 3. The molecule has 1 aliphatic heterocycles. The van der Waals surface area contributed by atoms with E-state index in [1.807, 2.05) is 12.1 Å². The zero-order chi connectivity index (χ0) is 19.0. The summed E-state index contributed by atoms with van der Waals surface area (Å²) in [7, 11) is 1.56. The van der Waals surface area contributed by atoms with Crippen LogP contribution in [-0.2, 0) is 4.79 Å². The highest BCUT2D eigenvalue weighted by Crippen LogP contribution is 2.32. The van der Waals surface area contributed by atoms with E-state index in [-0.39, 0.29) is 30.7 Å². The average molecular weight is 381 g/mol. The second kappa shape index (κ2) is 6.81. The molecule has 0 bridgehead atoms. The van der Waals surface area contributed by atoms with Crippen LogP contribution < -0.4 is 10.1 Å². The number of methoxy groups -OCH3 is 1. The maximum absolute atomic E-state index is 12.3. The van der Waals surface area contributed by atoms with Crippen LogP contribution in [0.15, 0.2) is 42.5 Å². The fraction of sp³-hybridized carbons (Fsp3) is 0.158. The molecular formula is C19H15N3O4S. The quantitative estimate of drug-likeness (QED) is 0.687. The molecule has 0 radical (unpaired) electrons. The number of imide groups is 1. The number of thiazole rings is 1. The minimum absolute atomic E-state index is 0.00146. The average Bonchev–Trinajstić information content (AvgIpc) is 3.19. The van der Waals surface area contributed by atoms with E-state index in [1.54, 1.807) is 37.4 Å². The van der Waals surface area contributed by atoms with Crippen LogP contribution >= 0.6 is 11.3 Å². The third-order valence-electron chi connectivity index (χ3n) is 4.29. The Morgan fingerprint density at radius 3 is 2.48 bits per heavy atom. The van der Waals surface area contributed by atoms with Gasteiger partial charge in [-0.15, -0.1) is 0 Å². The van der Waals surface area contributed by atoms with Crippen molar-refractivity contribution >= 4 is 44.4 Å². The van der Waals surface area contributed by atoms with Gasteiger partial charge in [-0.05, 0) is 24.3 Å². The molecule has 8 heteroatoms. The largest absolute Gasteiger partial charge is 0.494 e. The van der Waals surface area contributed by atoms with E-state index >= 15 is 0 Å². The van der Waals surface area contributed by atoms with Gasteiger partial charge < -0.3 is 10.1 Å². The fourth-order valence-corrected chi connectivity index (χ4v) is 3.88. The van der Waals surface area contributed by atoms with Crippen LogP contribution in [0.3, 0.4) is 0 Å². The van der Waals surface area contributed by atoms with Gasteiger partial charge >= 0.3 is 0 Å². The van der Waals surface area contributed by atoms with Crippen molar-refractivity contribution in [2.24, 2.45) is 0 Å². The third kappa shape index (κ3) is 3.04. The number of benzene rings is 2. The predicted octanol–water partition coefficient (Wildman–Crippen LogP) is 2.93. The maximum atomic E-state index is 12.3. The number of carbonyl (C=O) groups excluding carboxylic acids is 3. The minimum atomic E-state index is -0.367. The molecule has 1 aliphatic rings. The molecule has 2 heterocycles. The molecule has 3 amide bonds. The summed E-state index contributed by atoms with van der Waals surface area (Å²) >= 11 is 1.33. The monoisotopic (exact) mass is 381 g/mol. The van der Waals surface area contributed by atoms with Crippen LogP contribution in [0.5, 0.6) is 5.75 Å². The SMILES string of the molecule is COc1cccc2sc(NC(=O)CCN3C(=O)c4ccccc4C3=O)nc12. The van der Waals surface area contributed by atoms with E-state index in [2.05, 4.69) is 10.3 Å². The predicted molar refractivity (Wildman–Crippen MR) is 101 cm³/mol. The normalized spacial score (nSPS) is 13.1. The van der Waals surface area contributed by atoms with Crippen LogP contribution in [0.4, 0.5) is 5.13 Å². The summed E-state index contributed by atoms with van der Waals surface area (Å²) in [6, 6.07) is 12.2. The van der Waals surface area contributed by atoms with Crippen LogP contribution in [0, 0.1) is 0 Å². The first-order chi connectivity index (χ1) is 13.1. The maximum Gasteiger partial charge on any atom is 0.261 e. The van der Waals surface area contributed by atoms with Crippen molar-refractivity contribution in [3.05, 3.63) is 53.6 Å². The minimum Gasteiger partial charge on any atom is -0.494 e. The van der Waals surface area contributed by atoms with Crippen molar-refractivity contribution in [2.75, 3.05) is 19.0 Å². The van der Waals surface area contributed by atoms with Crippen LogP contribution in [0.25, 0.3) is 10.2 Å². The topological polar surface area (TPSA) is 88.6 Å². The lowest BCUT2D eigenvalue weighted by atomic mass is 10.1. The molecule has 3 aromatic rings. The molecule has 0 spiro atoms. The smallest absolute Gasteiger partial charge is 0.261 e. The molecule has 0 saturated heterocycles. The molecule has 4 rings (SSSR count). The van der Waals surface area contributed by atoms with E-state index in [9.17, 15) is 14.4 Å². The van der Waals surface area contributed by atoms with E-state index in [4.69, 9.17) is 4.74 Å². The molecule has 136 valence electrons. The summed E-state index contributed by atoms with van der Waals surface area (Å²) in [6.07, 6.45) is -0.00146. The summed E-state index contributed by atoms with van der Waals surface area (Å²) in [5.74, 6) is -0.416. The number of anilines is 1. The second-order valence-electron chi connectivity index (χ2n) is 5.93. The Morgan fingerprint density at radius 1 is 1.11 bits per heavy atom. The van der Waals surface area contributed by atoms with Gasteiger partial charge in [-0.25, -0.2) is 4.98 Å². The van der Waals surface area contributed by atoms with Crippen molar-refractivity contribution in [3.8, 4) is 5.75 Å². The van der Waals surface area contributed by atoms with Crippen LogP contribution in [0.1, 0.15) is 27.1 Å². The van der Waals surface area contributed by atoms with Crippen molar-refractivity contribution in [3.63, 3.8) is 0 Å². The lowest BCUT2D eigenvalue weighted by molar-refractivity contribution is -0.116. The van der Waals surface area contributed by atoms with E-state index in [0.29, 0.717) is 27.5 Å². The number of nitrogens with one attached hydrogen (secondary N) is 1. The fourth-order valence-electron chi connectivity index (χ4n) is 2.98. The Morgan fingerprint density at radius 2 is 1.81 bits per heavy atom. The number of carbonyl (C=O) groups is 3. The molecule has 1 N–H and O–H groups in total. The molecule has 1 aromatic heterocycles. The molecule has 7 nitrogen and oxygen atoms in total. The van der Waals surface area contributed by atoms with Gasteiger partial charge in [0.1, 0.15) is 11.3 Å². The Kier molecular flexibility index (Phi) is 4.33. The van der Waals surface area contributed by atoms with Crippen molar-refractivity contribution < 1.29 is 19.1 Å². The Balaban J connectivity index is 1.42. The van der Waals surface area contributed by atoms with Gasteiger partial charge in [0.2, 0.25) is 5.91 Å². The Labute approximate surface area is 158 Å². The van der Waals surface area contributed by atoms with Crippen molar-refractivity contribution in [1.82, 2.24) is 9.88 Å². The van der Waals surface area contributed by atoms with Crippen LogP contribution in [-0.4, -0.2) is 41.3 Å². The van der Waals surface area contributed by atoms with Crippen LogP contribution in [0.2, 0.25) is 0 Å². The first-order valence-corrected chi connectivity index (χ1v) is 9.09.